The largest absolute Gasteiger partial charge is 0.508 e. The van der Waals surface area contributed by atoms with Gasteiger partial charge in [-0.25, -0.2) is 4.79 Å². The molecule has 0 saturated heterocycles. The number of aromatic nitrogens is 2. The van der Waals surface area contributed by atoms with Gasteiger partial charge in [-0.2, -0.15) is 0 Å². The van der Waals surface area contributed by atoms with Crippen LogP contribution in [0.2, 0.25) is 0 Å². The Hall–Kier alpha value is -4.58. The number of pyridine rings is 1. The number of nitrogens with zero attached hydrogens (tertiary/aromatic N) is 2. The zero-order valence-electron chi connectivity index (χ0n) is 21.0. The number of carbonyl (C=O) groups is 1. The van der Waals surface area contributed by atoms with Crippen LogP contribution < -0.4 is 5.56 Å². The highest BCUT2D eigenvalue weighted by molar-refractivity contribution is 5.98. The highest BCUT2D eigenvalue weighted by Gasteiger charge is 2.27. The SMILES string of the molecule is CCOC(=O)c1cc2c(C(c3ccccc3)c3ccc(O)cc3)cn(C)c(=O)c2n1-c1ccc(C)cc1. The fourth-order valence-electron chi connectivity index (χ4n) is 4.86. The van der Waals surface area contributed by atoms with Gasteiger partial charge in [-0.05, 0) is 60.9 Å². The Bertz CT molecular complexity index is 1630. The summed E-state index contributed by atoms with van der Waals surface area (Å²) in [6.45, 7) is 3.97. The van der Waals surface area contributed by atoms with Crippen molar-refractivity contribution in [1.82, 2.24) is 9.13 Å². The summed E-state index contributed by atoms with van der Waals surface area (Å²) in [6, 6.07) is 26.5. The quantitative estimate of drug-likeness (QED) is 0.309. The lowest BCUT2D eigenvalue weighted by molar-refractivity contribution is 0.0517. The number of fused-ring (bicyclic) bond motifs is 1. The van der Waals surface area contributed by atoms with E-state index in [9.17, 15) is 14.7 Å². The van der Waals surface area contributed by atoms with Gasteiger partial charge in [-0.3, -0.25) is 9.36 Å². The minimum absolute atomic E-state index is 0.177. The van der Waals surface area contributed by atoms with E-state index in [0.29, 0.717) is 22.3 Å². The van der Waals surface area contributed by atoms with Crippen LogP contribution in [0.25, 0.3) is 16.6 Å². The van der Waals surface area contributed by atoms with Crippen molar-refractivity contribution in [2.45, 2.75) is 19.8 Å². The molecule has 5 aromatic rings. The van der Waals surface area contributed by atoms with E-state index < -0.39 is 5.97 Å². The smallest absolute Gasteiger partial charge is 0.355 e. The van der Waals surface area contributed by atoms with Crippen LogP contribution in [0.15, 0.2) is 95.9 Å². The average Bonchev–Trinajstić information content (AvgIpc) is 3.31. The van der Waals surface area contributed by atoms with E-state index >= 15 is 0 Å². The summed E-state index contributed by atoms with van der Waals surface area (Å²) >= 11 is 0. The average molecular weight is 493 g/mol. The van der Waals surface area contributed by atoms with Crippen molar-refractivity contribution in [3.05, 3.63) is 129 Å². The molecule has 6 heteroatoms. The first-order valence-electron chi connectivity index (χ1n) is 12.2. The van der Waals surface area contributed by atoms with Crippen molar-refractivity contribution in [1.29, 1.82) is 0 Å². The maximum Gasteiger partial charge on any atom is 0.355 e. The lowest BCUT2D eigenvalue weighted by Crippen LogP contribution is -2.22. The molecule has 0 bridgehead atoms. The molecule has 0 radical (unpaired) electrons. The molecule has 0 fully saturated rings. The molecular formula is C31H28N2O4. The van der Waals surface area contributed by atoms with E-state index in [4.69, 9.17) is 4.74 Å². The monoisotopic (exact) mass is 492 g/mol. The fourth-order valence-corrected chi connectivity index (χ4v) is 4.86. The van der Waals surface area contributed by atoms with Gasteiger partial charge in [0.1, 0.15) is 17.0 Å². The number of hydrogen-bond acceptors (Lipinski definition) is 4. The number of phenols is 1. The fraction of sp³-hybridized carbons (Fsp3) is 0.161. The van der Waals surface area contributed by atoms with Gasteiger partial charge in [0, 0.05) is 30.2 Å². The molecule has 1 unspecified atom stereocenters. The van der Waals surface area contributed by atoms with Crippen molar-refractivity contribution in [3.63, 3.8) is 0 Å². The zero-order valence-corrected chi connectivity index (χ0v) is 21.0. The molecule has 5 rings (SSSR count). The lowest BCUT2D eigenvalue weighted by Gasteiger charge is -2.21. The number of carbonyl (C=O) groups excluding carboxylic acids is 1. The van der Waals surface area contributed by atoms with Gasteiger partial charge in [0.2, 0.25) is 0 Å². The second-order valence-corrected chi connectivity index (χ2v) is 9.12. The van der Waals surface area contributed by atoms with Crippen LogP contribution in [-0.2, 0) is 11.8 Å². The summed E-state index contributed by atoms with van der Waals surface area (Å²) in [5, 5.41) is 10.6. The van der Waals surface area contributed by atoms with Gasteiger partial charge in [0.25, 0.3) is 5.56 Å². The van der Waals surface area contributed by atoms with Crippen molar-refractivity contribution < 1.29 is 14.6 Å². The summed E-state index contributed by atoms with van der Waals surface area (Å²) in [6.07, 6.45) is 1.84. The number of esters is 1. The third-order valence-electron chi connectivity index (χ3n) is 6.61. The van der Waals surface area contributed by atoms with Gasteiger partial charge in [-0.1, -0.05) is 60.2 Å². The maximum atomic E-state index is 13.6. The topological polar surface area (TPSA) is 73.5 Å². The van der Waals surface area contributed by atoms with E-state index in [1.54, 1.807) is 41.3 Å². The van der Waals surface area contributed by atoms with Crippen LogP contribution in [0.3, 0.4) is 0 Å². The highest BCUT2D eigenvalue weighted by Crippen LogP contribution is 2.37. The third kappa shape index (κ3) is 4.42. The number of phenolic OH excluding ortho intramolecular Hbond substituents is 1. The van der Waals surface area contributed by atoms with Crippen LogP contribution >= 0.6 is 0 Å². The minimum Gasteiger partial charge on any atom is -0.508 e. The Morgan fingerprint density at radius 2 is 1.59 bits per heavy atom. The Morgan fingerprint density at radius 3 is 2.24 bits per heavy atom. The van der Waals surface area contributed by atoms with E-state index in [1.807, 2.05) is 79.9 Å². The molecule has 0 aliphatic carbocycles. The molecular weight excluding hydrogens is 464 g/mol. The molecule has 0 aliphatic rings. The summed E-state index contributed by atoms with van der Waals surface area (Å²) in [5.41, 5.74) is 5.10. The molecule has 186 valence electrons. The number of aromatic hydroxyl groups is 1. The standard InChI is InChI=1S/C31H28N2O4/c1-4-37-31(36)27-18-25-26(28(21-8-6-5-7-9-21)22-12-16-24(34)17-13-22)19-32(3)30(35)29(25)33(27)23-14-10-20(2)11-15-23/h5-19,28,34H,4H2,1-3H3. The predicted molar refractivity (Wildman–Crippen MR) is 145 cm³/mol. The predicted octanol–water partition coefficient (Wildman–Crippen LogP) is 5.70. The van der Waals surface area contributed by atoms with Crippen LogP contribution in [-0.4, -0.2) is 26.8 Å². The van der Waals surface area contributed by atoms with Crippen LogP contribution in [0.1, 0.15) is 45.6 Å². The highest BCUT2D eigenvalue weighted by atomic mass is 16.5. The molecule has 0 saturated carbocycles. The summed E-state index contributed by atoms with van der Waals surface area (Å²) in [5.74, 6) is -0.565. The molecule has 1 atom stereocenters. The number of aryl methyl sites for hydroxylation is 2. The Kier molecular flexibility index (Phi) is 6.40. The van der Waals surface area contributed by atoms with E-state index in [0.717, 1.165) is 22.3 Å². The van der Waals surface area contributed by atoms with Gasteiger partial charge in [0.15, 0.2) is 0 Å². The lowest BCUT2D eigenvalue weighted by atomic mass is 9.84. The first kappa shape index (κ1) is 24.1. The molecule has 3 aromatic carbocycles. The first-order chi connectivity index (χ1) is 17.9. The van der Waals surface area contributed by atoms with Crippen LogP contribution in [0.4, 0.5) is 0 Å². The van der Waals surface area contributed by atoms with Crippen LogP contribution in [0.5, 0.6) is 5.75 Å². The van der Waals surface area contributed by atoms with Crippen molar-refractivity contribution in [2.75, 3.05) is 6.61 Å². The Labute approximate surface area is 215 Å². The van der Waals surface area contributed by atoms with Crippen molar-refractivity contribution in [2.24, 2.45) is 7.05 Å². The van der Waals surface area contributed by atoms with E-state index in [1.165, 1.54) is 0 Å². The van der Waals surface area contributed by atoms with Gasteiger partial charge in [-0.15, -0.1) is 0 Å². The molecule has 0 amide bonds. The number of benzene rings is 3. The molecule has 1 N–H and O–H groups in total. The summed E-state index contributed by atoms with van der Waals surface area (Å²) < 4.78 is 8.67. The molecule has 37 heavy (non-hydrogen) atoms. The molecule has 2 heterocycles. The molecule has 0 spiro atoms. The third-order valence-corrected chi connectivity index (χ3v) is 6.61. The van der Waals surface area contributed by atoms with E-state index in [-0.39, 0.29) is 23.8 Å². The van der Waals surface area contributed by atoms with Gasteiger partial charge >= 0.3 is 5.97 Å². The zero-order chi connectivity index (χ0) is 26.1. The minimum atomic E-state index is -0.492. The van der Waals surface area contributed by atoms with Crippen molar-refractivity contribution >= 4 is 16.9 Å². The Morgan fingerprint density at radius 1 is 0.946 bits per heavy atom. The first-order valence-corrected chi connectivity index (χ1v) is 12.2. The van der Waals surface area contributed by atoms with Gasteiger partial charge < -0.3 is 14.4 Å². The number of hydrogen-bond donors (Lipinski definition) is 1. The number of rotatable bonds is 6. The molecule has 6 nitrogen and oxygen atoms in total. The second kappa shape index (κ2) is 9.82. The summed E-state index contributed by atoms with van der Waals surface area (Å²) in [4.78, 5) is 26.8. The molecule has 0 aliphatic heterocycles. The normalized spacial score (nSPS) is 12.0. The summed E-state index contributed by atoms with van der Waals surface area (Å²) in [7, 11) is 1.72. The maximum absolute atomic E-state index is 13.6. The number of ether oxygens (including phenoxy) is 1. The van der Waals surface area contributed by atoms with Crippen molar-refractivity contribution in [3.8, 4) is 11.4 Å². The second-order valence-electron chi connectivity index (χ2n) is 9.12. The molecule has 2 aromatic heterocycles. The van der Waals surface area contributed by atoms with Gasteiger partial charge in [0.05, 0.1) is 6.61 Å². The Balaban J connectivity index is 1.88. The van der Waals surface area contributed by atoms with Crippen LogP contribution in [0, 0.1) is 6.92 Å². The van der Waals surface area contributed by atoms with E-state index in [2.05, 4.69) is 0 Å².